The molecule has 0 saturated heterocycles. The van der Waals surface area contributed by atoms with Gasteiger partial charge in [0.25, 0.3) is 0 Å². The number of ether oxygens (including phenoxy) is 1. The predicted octanol–water partition coefficient (Wildman–Crippen LogP) is 4.71. The number of hydrogen-bond donors (Lipinski definition) is 1. The first kappa shape index (κ1) is 17.0. The number of fused-ring (bicyclic) bond motifs is 1. The Balaban J connectivity index is 1.75. The van der Waals surface area contributed by atoms with E-state index in [1.54, 1.807) is 11.1 Å². The molecule has 0 fully saturated rings. The normalized spacial score (nSPS) is 13.8. The molecule has 2 heterocycles. The van der Waals surface area contributed by atoms with Crippen LogP contribution in [0.5, 0.6) is 0 Å². The number of nitrogens with zero attached hydrogens (tertiary/aromatic N) is 2. The van der Waals surface area contributed by atoms with Crippen molar-refractivity contribution >= 4 is 40.4 Å². The van der Waals surface area contributed by atoms with E-state index in [1.165, 1.54) is 11.3 Å². The zero-order valence-electron chi connectivity index (χ0n) is 13.9. The molecular weight excluding hydrogens is 346 g/mol. The molecular formula is C17H20ClN3O2S. The summed E-state index contributed by atoms with van der Waals surface area (Å²) in [6, 6.07) is 5.94. The number of nitrogens with one attached hydrogen (secondary N) is 1. The van der Waals surface area contributed by atoms with E-state index in [4.69, 9.17) is 16.3 Å². The Morgan fingerprint density at radius 1 is 1.46 bits per heavy atom. The zero-order valence-corrected chi connectivity index (χ0v) is 15.5. The minimum atomic E-state index is -0.499. The Morgan fingerprint density at radius 2 is 2.25 bits per heavy atom. The lowest BCUT2D eigenvalue weighted by atomic mass is 10.1. The van der Waals surface area contributed by atoms with Crippen molar-refractivity contribution < 1.29 is 9.53 Å². The Kier molecular flexibility index (Phi) is 4.69. The molecule has 5 nitrogen and oxygen atoms in total. The first-order chi connectivity index (χ1) is 11.3. The lowest BCUT2D eigenvalue weighted by Crippen LogP contribution is -2.35. The van der Waals surface area contributed by atoms with Crippen molar-refractivity contribution in [3.8, 4) is 0 Å². The van der Waals surface area contributed by atoms with Gasteiger partial charge < -0.3 is 10.1 Å². The summed E-state index contributed by atoms with van der Waals surface area (Å²) in [5.41, 5.74) is 2.58. The van der Waals surface area contributed by atoms with E-state index < -0.39 is 5.60 Å². The number of hydrogen-bond acceptors (Lipinski definition) is 5. The van der Waals surface area contributed by atoms with E-state index in [0.717, 1.165) is 28.2 Å². The van der Waals surface area contributed by atoms with Crippen LogP contribution in [0.2, 0.25) is 4.47 Å². The number of halogens is 1. The summed E-state index contributed by atoms with van der Waals surface area (Å²) in [6.07, 6.45) is 2.28. The molecule has 1 aliphatic heterocycles. The fraction of sp³-hybridized carbons (Fsp3) is 0.412. The molecule has 1 aliphatic rings. The average molecular weight is 366 g/mol. The van der Waals surface area contributed by atoms with E-state index in [2.05, 4.69) is 10.3 Å². The van der Waals surface area contributed by atoms with Crippen LogP contribution in [0.3, 0.4) is 0 Å². The predicted molar refractivity (Wildman–Crippen MR) is 98.2 cm³/mol. The molecule has 2 aromatic rings. The third-order valence-electron chi connectivity index (χ3n) is 3.62. The minimum absolute atomic E-state index is 0.298. The molecule has 0 radical (unpaired) electrons. The Labute approximate surface area is 150 Å². The van der Waals surface area contributed by atoms with Gasteiger partial charge in [-0.15, -0.1) is 11.3 Å². The SMILES string of the molecule is CC(C)(C)OC(=O)N1CCc2c(NCc3cnc(Cl)s3)cccc21. The van der Waals surface area contributed by atoms with Crippen LogP contribution >= 0.6 is 22.9 Å². The highest BCUT2D eigenvalue weighted by molar-refractivity contribution is 7.15. The maximum absolute atomic E-state index is 12.4. The van der Waals surface area contributed by atoms with E-state index in [0.29, 0.717) is 17.6 Å². The highest BCUT2D eigenvalue weighted by Crippen LogP contribution is 2.35. The summed E-state index contributed by atoms with van der Waals surface area (Å²) in [5, 5.41) is 3.42. The zero-order chi connectivity index (χ0) is 17.3. The van der Waals surface area contributed by atoms with Crippen LogP contribution in [-0.4, -0.2) is 23.2 Å². The highest BCUT2D eigenvalue weighted by Gasteiger charge is 2.30. The van der Waals surface area contributed by atoms with Crippen LogP contribution in [-0.2, 0) is 17.7 Å². The summed E-state index contributed by atoms with van der Waals surface area (Å²) < 4.78 is 6.04. The van der Waals surface area contributed by atoms with Gasteiger partial charge in [0.15, 0.2) is 4.47 Å². The molecule has 24 heavy (non-hydrogen) atoms. The standard InChI is InChI=1S/C17H20ClN3O2S/c1-17(2,3)23-16(22)21-8-7-12-13(5-4-6-14(12)21)19-9-11-10-20-15(18)24-11/h4-6,10,19H,7-9H2,1-3H3. The Bertz CT molecular complexity index is 755. The van der Waals surface area contributed by atoms with Crippen LogP contribution in [0.25, 0.3) is 0 Å². The Morgan fingerprint density at radius 3 is 2.92 bits per heavy atom. The van der Waals surface area contributed by atoms with Gasteiger partial charge in [0.2, 0.25) is 0 Å². The summed E-state index contributed by atoms with van der Waals surface area (Å²) in [5.74, 6) is 0. The monoisotopic (exact) mass is 365 g/mol. The fourth-order valence-electron chi connectivity index (χ4n) is 2.65. The summed E-state index contributed by atoms with van der Waals surface area (Å²) in [4.78, 5) is 19.2. The summed E-state index contributed by atoms with van der Waals surface area (Å²) >= 11 is 7.32. The van der Waals surface area contributed by atoms with Gasteiger partial charge in [0.1, 0.15) is 5.60 Å². The molecule has 7 heteroatoms. The van der Waals surface area contributed by atoms with Crippen molar-refractivity contribution in [2.75, 3.05) is 16.8 Å². The van der Waals surface area contributed by atoms with Gasteiger partial charge in [-0.25, -0.2) is 9.78 Å². The van der Waals surface area contributed by atoms with E-state index >= 15 is 0 Å². The highest BCUT2D eigenvalue weighted by atomic mass is 35.5. The molecule has 0 atom stereocenters. The third-order valence-corrected chi connectivity index (χ3v) is 4.73. The van der Waals surface area contributed by atoms with Crippen molar-refractivity contribution in [2.45, 2.75) is 39.3 Å². The summed E-state index contributed by atoms with van der Waals surface area (Å²) in [7, 11) is 0. The molecule has 1 N–H and O–H groups in total. The second-order valence-corrected chi connectivity index (χ2v) is 8.32. The van der Waals surface area contributed by atoms with Gasteiger partial charge in [-0.05, 0) is 39.3 Å². The number of anilines is 2. The molecule has 0 unspecified atom stereocenters. The Hall–Kier alpha value is -1.79. The van der Waals surface area contributed by atoms with E-state index in [1.807, 2.05) is 39.0 Å². The fourth-order valence-corrected chi connectivity index (χ4v) is 3.57. The van der Waals surface area contributed by atoms with Gasteiger partial charge in [-0.2, -0.15) is 0 Å². The van der Waals surface area contributed by atoms with Crippen molar-refractivity contribution in [3.63, 3.8) is 0 Å². The molecule has 1 aromatic heterocycles. The van der Waals surface area contributed by atoms with Crippen LogP contribution in [0.4, 0.5) is 16.2 Å². The number of thiazole rings is 1. The van der Waals surface area contributed by atoms with Gasteiger partial charge in [0, 0.05) is 28.9 Å². The maximum atomic E-state index is 12.4. The van der Waals surface area contributed by atoms with Gasteiger partial charge in [-0.3, -0.25) is 4.90 Å². The maximum Gasteiger partial charge on any atom is 0.414 e. The minimum Gasteiger partial charge on any atom is -0.443 e. The van der Waals surface area contributed by atoms with Gasteiger partial charge in [0.05, 0.1) is 12.2 Å². The third kappa shape index (κ3) is 3.82. The van der Waals surface area contributed by atoms with Crippen molar-refractivity contribution in [2.24, 2.45) is 0 Å². The topological polar surface area (TPSA) is 54.5 Å². The van der Waals surface area contributed by atoms with Crippen LogP contribution in [0, 0.1) is 0 Å². The van der Waals surface area contributed by atoms with Crippen LogP contribution in [0.15, 0.2) is 24.4 Å². The second-order valence-electron chi connectivity index (χ2n) is 6.62. The summed E-state index contributed by atoms with van der Waals surface area (Å²) in [6.45, 7) is 6.92. The molecule has 0 bridgehead atoms. The molecule has 3 rings (SSSR count). The number of rotatable bonds is 3. The lowest BCUT2D eigenvalue weighted by molar-refractivity contribution is 0.0584. The smallest absolute Gasteiger partial charge is 0.414 e. The molecule has 0 spiro atoms. The van der Waals surface area contributed by atoms with Gasteiger partial charge >= 0.3 is 6.09 Å². The number of benzene rings is 1. The largest absolute Gasteiger partial charge is 0.443 e. The number of carbonyl (C=O) groups is 1. The quantitative estimate of drug-likeness (QED) is 0.856. The molecule has 1 aromatic carbocycles. The number of carbonyl (C=O) groups excluding carboxylic acids is 1. The van der Waals surface area contributed by atoms with Crippen LogP contribution in [0.1, 0.15) is 31.2 Å². The van der Waals surface area contributed by atoms with Crippen molar-refractivity contribution in [3.05, 3.63) is 39.3 Å². The molecule has 0 saturated carbocycles. The van der Waals surface area contributed by atoms with Crippen molar-refractivity contribution in [1.29, 1.82) is 0 Å². The number of amides is 1. The van der Waals surface area contributed by atoms with Gasteiger partial charge in [-0.1, -0.05) is 17.7 Å². The average Bonchev–Trinajstić information content (AvgIpc) is 3.09. The number of aromatic nitrogens is 1. The van der Waals surface area contributed by atoms with Crippen LogP contribution < -0.4 is 10.2 Å². The molecule has 0 aliphatic carbocycles. The van der Waals surface area contributed by atoms with E-state index in [-0.39, 0.29) is 6.09 Å². The second kappa shape index (κ2) is 6.61. The molecule has 128 valence electrons. The first-order valence-corrected chi connectivity index (χ1v) is 8.99. The lowest BCUT2D eigenvalue weighted by Gasteiger charge is -2.25. The van der Waals surface area contributed by atoms with Crippen molar-refractivity contribution in [1.82, 2.24) is 4.98 Å². The first-order valence-electron chi connectivity index (χ1n) is 7.80. The molecule has 1 amide bonds. The van der Waals surface area contributed by atoms with E-state index in [9.17, 15) is 4.79 Å².